The van der Waals surface area contributed by atoms with Gasteiger partial charge < -0.3 is 23.7 Å². The molecule has 0 spiro atoms. The van der Waals surface area contributed by atoms with Crippen LogP contribution in [0.5, 0.6) is 11.6 Å². The number of aromatic nitrogens is 2. The van der Waals surface area contributed by atoms with E-state index in [0.29, 0.717) is 55.5 Å². The van der Waals surface area contributed by atoms with Crippen LogP contribution in [0.3, 0.4) is 0 Å². The molecule has 2 aromatic heterocycles. The molecule has 12 heteroatoms. The predicted molar refractivity (Wildman–Crippen MR) is 114 cm³/mol. The molecule has 9 nitrogen and oxygen atoms in total. The van der Waals surface area contributed by atoms with Crippen LogP contribution in [0, 0.1) is 6.92 Å². The van der Waals surface area contributed by atoms with Gasteiger partial charge >= 0.3 is 12.4 Å². The van der Waals surface area contributed by atoms with E-state index in [1.165, 1.54) is 18.2 Å². The fraction of sp³-hybridized carbons (Fsp3) is 0.381. The summed E-state index contributed by atoms with van der Waals surface area (Å²) in [5.41, 5.74) is 1.40. The first-order valence-electron chi connectivity index (χ1n) is 10.3. The molecule has 1 aromatic carbocycles. The zero-order valence-electron chi connectivity index (χ0n) is 18.0. The number of amides is 2. The van der Waals surface area contributed by atoms with Crippen molar-refractivity contribution in [2.45, 2.75) is 20.2 Å². The molecule has 1 fully saturated rings. The monoisotopic (exact) mass is 465 g/mol. The van der Waals surface area contributed by atoms with Crippen molar-refractivity contribution < 1.29 is 31.9 Å². The van der Waals surface area contributed by atoms with Gasteiger partial charge in [0, 0.05) is 44.0 Å². The van der Waals surface area contributed by atoms with Crippen LogP contribution in [0.1, 0.15) is 12.7 Å². The fourth-order valence-electron chi connectivity index (χ4n) is 3.51. The lowest BCUT2D eigenvalue weighted by Gasteiger charge is -2.36. The van der Waals surface area contributed by atoms with Crippen LogP contribution in [-0.4, -0.2) is 60.0 Å². The van der Waals surface area contributed by atoms with Gasteiger partial charge in [-0.2, -0.15) is 4.98 Å². The molecular formula is C21H22F3N5O4. The van der Waals surface area contributed by atoms with Gasteiger partial charge in [-0.15, -0.1) is 13.2 Å². The van der Waals surface area contributed by atoms with E-state index in [1.807, 2.05) is 4.90 Å². The second kappa shape index (κ2) is 9.04. The lowest BCUT2D eigenvalue weighted by molar-refractivity contribution is -0.274. The number of hydrogen-bond acceptors (Lipinski definition) is 7. The summed E-state index contributed by atoms with van der Waals surface area (Å²) in [6.07, 6.45) is -4.75. The number of ether oxygens (including phenoxy) is 2. The number of fused-ring (bicyclic) bond motifs is 1. The van der Waals surface area contributed by atoms with Gasteiger partial charge in [-0.25, -0.2) is 9.78 Å². The van der Waals surface area contributed by atoms with Gasteiger partial charge in [-0.1, -0.05) is 6.07 Å². The van der Waals surface area contributed by atoms with Crippen molar-refractivity contribution in [1.29, 1.82) is 0 Å². The number of aryl methyl sites for hydroxylation is 1. The summed E-state index contributed by atoms with van der Waals surface area (Å²) in [6, 6.07) is 7.11. The Morgan fingerprint density at radius 2 is 1.94 bits per heavy atom. The first-order valence-corrected chi connectivity index (χ1v) is 10.3. The summed E-state index contributed by atoms with van der Waals surface area (Å²) in [5, 5.41) is 2.74. The minimum absolute atomic E-state index is 0.160. The number of nitrogens with zero attached hydrogens (tertiary/aromatic N) is 4. The Bertz CT molecular complexity index is 1140. The van der Waals surface area contributed by atoms with Gasteiger partial charge in [0.05, 0.1) is 6.61 Å². The van der Waals surface area contributed by atoms with Crippen LogP contribution in [-0.2, 0) is 0 Å². The molecule has 1 N–H and O–H groups in total. The van der Waals surface area contributed by atoms with Gasteiger partial charge in [0.2, 0.25) is 5.71 Å². The molecule has 0 aliphatic carbocycles. The van der Waals surface area contributed by atoms with E-state index < -0.39 is 6.36 Å². The van der Waals surface area contributed by atoms with Crippen molar-refractivity contribution in [2.75, 3.05) is 43.0 Å². The SMILES string of the molecule is CCOc1nc2oc(C)cc2nc1NC(=O)N1CCN(c2cccc(OC(F)(F)F)c2)CC1. The average Bonchev–Trinajstić information content (AvgIpc) is 3.12. The Kier molecular flexibility index (Phi) is 6.16. The molecule has 0 radical (unpaired) electrons. The summed E-state index contributed by atoms with van der Waals surface area (Å²) in [4.78, 5) is 25.0. The van der Waals surface area contributed by atoms with Gasteiger partial charge in [0.15, 0.2) is 5.82 Å². The zero-order valence-corrected chi connectivity index (χ0v) is 18.0. The number of rotatable bonds is 5. The first kappa shape index (κ1) is 22.5. The van der Waals surface area contributed by atoms with Crippen LogP contribution < -0.4 is 19.7 Å². The molecule has 176 valence electrons. The normalized spacial score (nSPS) is 14.5. The van der Waals surface area contributed by atoms with Crippen molar-refractivity contribution in [2.24, 2.45) is 0 Å². The molecule has 4 rings (SSSR count). The highest BCUT2D eigenvalue weighted by Crippen LogP contribution is 2.28. The number of carbonyl (C=O) groups excluding carboxylic acids is 1. The first-order chi connectivity index (χ1) is 15.7. The van der Waals surface area contributed by atoms with E-state index in [9.17, 15) is 18.0 Å². The number of hydrogen-bond donors (Lipinski definition) is 1. The van der Waals surface area contributed by atoms with E-state index in [1.54, 1.807) is 30.9 Å². The highest BCUT2D eigenvalue weighted by molar-refractivity contribution is 5.91. The fourth-order valence-corrected chi connectivity index (χ4v) is 3.51. The second-order valence-corrected chi connectivity index (χ2v) is 7.31. The molecule has 1 aliphatic rings. The lowest BCUT2D eigenvalue weighted by Crippen LogP contribution is -2.50. The van der Waals surface area contributed by atoms with Gasteiger partial charge in [0.1, 0.15) is 17.0 Å². The minimum atomic E-state index is -4.75. The summed E-state index contributed by atoms with van der Waals surface area (Å²) >= 11 is 0. The number of urea groups is 1. The number of anilines is 2. The van der Waals surface area contributed by atoms with E-state index in [0.717, 1.165) is 0 Å². The molecule has 1 aliphatic heterocycles. The Balaban J connectivity index is 1.41. The third-order valence-corrected chi connectivity index (χ3v) is 4.94. The van der Waals surface area contributed by atoms with Gasteiger partial charge in [0.25, 0.3) is 5.88 Å². The second-order valence-electron chi connectivity index (χ2n) is 7.31. The van der Waals surface area contributed by atoms with Crippen LogP contribution in [0.15, 0.2) is 34.7 Å². The highest BCUT2D eigenvalue weighted by atomic mass is 19.4. The average molecular weight is 465 g/mol. The number of halogens is 3. The molecule has 33 heavy (non-hydrogen) atoms. The number of carbonyl (C=O) groups is 1. The third kappa shape index (κ3) is 5.38. The summed E-state index contributed by atoms with van der Waals surface area (Å²) < 4.78 is 52.4. The smallest absolute Gasteiger partial charge is 0.475 e. The largest absolute Gasteiger partial charge is 0.573 e. The van der Waals surface area contributed by atoms with E-state index in [4.69, 9.17) is 9.15 Å². The maximum absolute atomic E-state index is 12.8. The molecular weight excluding hydrogens is 443 g/mol. The summed E-state index contributed by atoms with van der Waals surface area (Å²) in [7, 11) is 0. The quantitative estimate of drug-likeness (QED) is 0.604. The Morgan fingerprint density at radius 1 is 1.18 bits per heavy atom. The van der Waals surface area contributed by atoms with E-state index in [2.05, 4.69) is 20.0 Å². The van der Waals surface area contributed by atoms with Crippen LogP contribution >= 0.6 is 0 Å². The maximum Gasteiger partial charge on any atom is 0.573 e. The topological polar surface area (TPSA) is 93.0 Å². The molecule has 3 heterocycles. The lowest BCUT2D eigenvalue weighted by atomic mass is 10.2. The number of alkyl halides is 3. The summed E-state index contributed by atoms with van der Waals surface area (Å²) in [5.74, 6) is 0.700. The number of nitrogens with one attached hydrogen (secondary N) is 1. The van der Waals surface area contributed by atoms with E-state index >= 15 is 0 Å². The molecule has 0 atom stereocenters. The van der Waals surface area contributed by atoms with E-state index in [-0.39, 0.29) is 23.5 Å². The van der Waals surface area contributed by atoms with Gasteiger partial charge in [-0.3, -0.25) is 5.32 Å². The molecule has 2 amide bonds. The third-order valence-electron chi connectivity index (χ3n) is 4.94. The molecule has 3 aromatic rings. The van der Waals surface area contributed by atoms with Crippen LogP contribution in [0.4, 0.5) is 29.5 Å². The molecule has 0 unspecified atom stereocenters. The zero-order chi connectivity index (χ0) is 23.6. The van der Waals surface area contributed by atoms with Crippen molar-refractivity contribution in [1.82, 2.24) is 14.9 Å². The predicted octanol–water partition coefficient (Wildman–Crippen LogP) is 4.18. The number of benzene rings is 1. The highest BCUT2D eigenvalue weighted by Gasteiger charge is 2.31. The number of piperazine rings is 1. The van der Waals surface area contributed by atoms with Crippen LogP contribution in [0.25, 0.3) is 11.2 Å². The van der Waals surface area contributed by atoms with Crippen molar-refractivity contribution in [3.63, 3.8) is 0 Å². The van der Waals surface area contributed by atoms with Crippen LogP contribution in [0.2, 0.25) is 0 Å². The number of furan rings is 1. The van der Waals surface area contributed by atoms with Gasteiger partial charge in [-0.05, 0) is 26.0 Å². The standard InChI is InChI=1S/C21H22F3N5O4/c1-3-31-19-17(25-16-11-13(2)32-18(16)27-19)26-20(30)29-9-7-28(8-10-29)14-5-4-6-15(12-14)33-21(22,23)24/h4-6,11-12H,3,7-10H2,1-2H3,(H,25,26,30). The Morgan fingerprint density at radius 3 is 2.64 bits per heavy atom. The molecule has 0 bridgehead atoms. The molecule has 0 saturated carbocycles. The maximum atomic E-state index is 12.8. The molecule has 1 saturated heterocycles. The Labute approximate surface area is 187 Å². The Hall–Kier alpha value is -3.70. The van der Waals surface area contributed by atoms with Crippen molar-refractivity contribution >= 4 is 28.8 Å². The summed E-state index contributed by atoms with van der Waals surface area (Å²) in [6.45, 7) is 5.49. The van der Waals surface area contributed by atoms with Crippen molar-refractivity contribution in [3.8, 4) is 11.6 Å². The minimum Gasteiger partial charge on any atom is -0.475 e. The van der Waals surface area contributed by atoms with Crippen molar-refractivity contribution in [3.05, 3.63) is 36.1 Å².